The number of hydrogen-bond donors (Lipinski definition) is 0. The van der Waals surface area contributed by atoms with Gasteiger partial charge in [-0.1, -0.05) is 18.1 Å². The fourth-order valence-electron chi connectivity index (χ4n) is 1.98. The van der Waals surface area contributed by atoms with Gasteiger partial charge in [-0.15, -0.1) is 5.11 Å². The van der Waals surface area contributed by atoms with Crippen LogP contribution in [0, 0.1) is 6.92 Å². The highest BCUT2D eigenvalue weighted by atomic mass is 16.5. The molecule has 1 atom stereocenters. The fourth-order valence-corrected chi connectivity index (χ4v) is 1.98. The summed E-state index contributed by atoms with van der Waals surface area (Å²) in [5, 5.41) is 7.34. The summed E-state index contributed by atoms with van der Waals surface area (Å²) in [6, 6.07) is 3.77. The van der Waals surface area contributed by atoms with E-state index in [0.717, 1.165) is 24.2 Å². The van der Waals surface area contributed by atoms with E-state index in [9.17, 15) is 4.79 Å². The minimum atomic E-state index is -0.714. The predicted molar refractivity (Wildman–Crippen MR) is 66.5 cm³/mol. The predicted octanol–water partition coefficient (Wildman–Crippen LogP) is 3.56. The second kappa shape index (κ2) is 5.16. The van der Waals surface area contributed by atoms with Crippen molar-refractivity contribution in [1.29, 1.82) is 0 Å². The molecule has 0 bridgehead atoms. The lowest BCUT2D eigenvalue weighted by Crippen LogP contribution is -2.10. The largest absolute Gasteiger partial charge is 0.487 e. The summed E-state index contributed by atoms with van der Waals surface area (Å²) in [7, 11) is 1.27. The maximum Gasteiger partial charge on any atom is 0.452 e. The molecule has 1 aromatic carbocycles. The van der Waals surface area contributed by atoms with Gasteiger partial charge in [0.1, 0.15) is 11.8 Å². The number of fused-ring (bicyclic) bond motifs is 1. The zero-order valence-corrected chi connectivity index (χ0v) is 10.8. The molecule has 1 amide bonds. The Morgan fingerprint density at radius 3 is 3.00 bits per heavy atom. The number of aryl methyl sites for hydroxylation is 1. The van der Waals surface area contributed by atoms with Gasteiger partial charge >= 0.3 is 6.09 Å². The molecule has 18 heavy (non-hydrogen) atoms. The average molecular weight is 248 g/mol. The molecule has 5 heteroatoms. The van der Waals surface area contributed by atoms with Crippen LogP contribution in [0.5, 0.6) is 5.75 Å². The van der Waals surface area contributed by atoms with E-state index in [1.807, 2.05) is 13.0 Å². The number of azo groups is 1. The second-order valence-corrected chi connectivity index (χ2v) is 4.23. The molecular weight excluding hydrogens is 232 g/mol. The van der Waals surface area contributed by atoms with E-state index in [2.05, 4.69) is 21.9 Å². The summed E-state index contributed by atoms with van der Waals surface area (Å²) in [6.07, 6.45) is 1.31. The zero-order valence-electron chi connectivity index (χ0n) is 10.8. The first kappa shape index (κ1) is 12.5. The van der Waals surface area contributed by atoms with Crippen molar-refractivity contribution in [2.24, 2.45) is 10.2 Å². The van der Waals surface area contributed by atoms with E-state index in [-0.39, 0.29) is 6.10 Å². The van der Waals surface area contributed by atoms with Crippen LogP contribution in [0.1, 0.15) is 24.5 Å². The summed E-state index contributed by atoms with van der Waals surface area (Å²) < 4.78 is 10.2. The van der Waals surface area contributed by atoms with Crippen LogP contribution in [0.2, 0.25) is 0 Å². The number of amides is 1. The minimum absolute atomic E-state index is 0.188. The van der Waals surface area contributed by atoms with E-state index >= 15 is 0 Å². The molecule has 0 aromatic heterocycles. The first-order valence-corrected chi connectivity index (χ1v) is 5.94. The Morgan fingerprint density at radius 1 is 1.56 bits per heavy atom. The number of carbonyl (C=O) groups excluding carboxylic acids is 1. The topological polar surface area (TPSA) is 60.2 Å². The van der Waals surface area contributed by atoms with Crippen LogP contribution in [-0.2, 0) is 11.2 Å². The third-order valence-corrected chi connectivity index (χ3v) is 3.06. The van der Waals surface area contributed by atoms with Crippen LogP contribution >= 0.6 is 0 Å². The molecule has 5 nitrogen and oxygen atoms in total. The molecule has 0 saturated heterocycles. The van der Waals surface area contributed by atoms with Gasteiger partial charge in [-0.2, -0.15) is 0 Å². The number of carbonyl (C=O) groups is 1. The van der Waals surface area contributed by atoms with Crippen LogP contribution in [0.25, 0.3) is 0 Å². The van der Waals surface area contributed by atoms with Crippen LogP contribution in [0.4, 0.5) is 10.5 Å². The normalized spacial score (nSPS) is 17.6. The van der Waals surface area contributed by atoms with E-state index in [0.29, 0.717) is 5.69 Å². The van der Waals surface area contributed by atoms with Crippen molar-refractivity contribution >= 4 is 11.8 Å². The van der Waals surface area contributed by atoms with Crippen molar-refractivity contribution in [1.82, 2.24) is 0 Å². The Morgan fingerprint density at radius 2 is 2.33 bits per heavy atom. The van der Waals surface area contributed by atoms with Gasteiger partial charge in [0.15, 0.2) is 5.75 Å². The molecule has 1 heterocycles. The molecule has 1 unspecified atom stereocenters. The third kappa shape index (κ3) is 2.34. The van der Waals surface area contributed by atoms with Crippen molar-refractivity contribution < 1.29 is 14.3 Å². The van der Waals surface area contributed by atoms with Gasteiger partial charge in [-0.05, 0) is 25.0 Å². The van der Waals surface area contributed by atoms with Gasteiger partial charge in [-0.25, -0.2) is 4.79 Å². The van der Waals surface area contributed by atoms with Gasteiger partial charge in [-0.3, -0.25) is 0 Å². The molecule has 1 aliphatic heterocycles. The molecule has 0 spiro atoms. The maximum absolute atomic E-state index is 10.9. The molecule has 0 saturated carbocycles. The van der Waals surface area contributed by atoms with Gasteiger partial charge < -0.3 is 9.47 Å². The summed E-state index contributed by atoms with van der Waals surface area (Å²) in [5.41, 5.74) is 2.91. The maximum atomic E-state index is 10.9. The lowest BCUT2D eigenvalue weighted by Gasteiger charge is -2.07. The zero-order chi connectivity index (χ0) is 13.1. The van der Waals surface area contributed by atoms with Crippen LogP contribution in [0.15, 0.2) is 22.4 Å². The second-order valence-electron chi connectivity index (χ2n) is 4.23. The SMILES string of the molecule is CCC1Cc2c(C)ccc(N=NC(=O)OC)c2O1. The molecule has 0 aliphatic carbocycles. The smallest absolute Gasteiger partial charge is 0.452 e. The Balaban J connectivity index is 2.32. The highest BCUT2D eigenvalue weighted by Gasteiger charge is 2.25. The monoisotopic (exact) mass is 248 g/mol. The van der Waals surface area contributed by atoms with Crippen molar-refractivity contribution in [3.8, 4) is 5.75 Å². The van der Waals surface area contributed by atoms with Gasteiger partial charge in [0.25, 0.3) is 0 Å². The number of methoxy groups -OCH3 is 1. The van der Waals surface area contributed by atoms with E-state index in [4.69, 9.17) is 4.74 Å². The summed E-state index contributed by atoms with van der Waals surface area (Å²) in [6.45, 7) is 4.13. The average Bonchev–Trinajstić information content (AvgIpc) is 2.82. The highest BCUT2D eigenvalue weighted by Crippen LogP contribution is 2.40. The van der Waals surface area contributed by atoms with E-state index in [1.54, 1.807) is 6.07 Å². The van der Waals surface area contributed by atoms with Crippen molar-refractivity contribution in [3.63, 3.8) is 0 Å². The summed E-state index contributed by atoms with van der Waals surface area (Å²) in [4.78, 5) is 10.9. The van der Waals surface area contributed by atoms with E-state index < -0.39 is 6.09 Å². The molecule has 0 N–H and O–H groups in total. The molecule has 1 aromatic rings. The summed E-state index contributed by atoms with van der Waals surface area (Å²) >= 11 is 0. The van der Waals surface area contributed by atoms with Crippen LogP contribution in [-0.4, -0.2) is 19.3 Å². The van der Waals surface area contributed by atoms with Crippen molar-refractivity contribution in [2.45, 2.75) is 32.8 Å². The molecule has 2 rings (SSSR count). The standard InChI is InChI=1S/C13H16N2O3/c1-4-9-7-10-8(2)5-6-11(12(10)18-9)14-15-13(16)17-3/h5-6,9H,4,7H2,1-3H3. The third-order valence-electron chi connectivity index (χ3n) is 3.06. The highest BCUT2D eigenvalue weighted by molar-refractivity contribution is 5.68. The summed E-state index contributed by atoms with van der Waals surface area (Å²) in [5.74, 6) is 0.745. The number of hydrogen-bond acceptors (Lipinski definition) is 4. The van der Waals surface area contributed by atoms with Gasteiger partial charge in [0.2, 0.25) is 0 Å². The minimum Gasteiger partial charge on any atom is -0.487 e. The molecule has 0 radical (unpaired) electrons. The van der Waals surface area contributed by atoms with Crippen molar-refractivity contribution in [2.75, 3.05) is 7.11 Å². The molecule has 96 valence electrons. The number of rotatable bonds is 2. The number of nitrogens with zero attached hydrogens (tertiary/aromatic N) is 2. The molecular formula is C13H16N2O3. The Hall–Kier alpha value is -1.91. The van der Waals surface area contributed by atoms with Gasteiger partial charge in [0.05, 0.1) is 7.11 Å². The Labute approximate surface area is 106 Å². The lowest BCUT2D eigenvalue weighted by atomic mass is 10.0. The Bertz CT molecular complexity index is 497. The lowest BCUT2D eigenvalue weighted by molar-refractivity contribution is 0.180. The molecule has 1 aliphatic rings. The first-order valence-electron chi connectivity index (χ1n) is 5.94. The van der Waals surface area contributed by atoms with Crippen molar-refractivity contribution in [3.05, 3.63) is 23.3 Å². The van der Waals surface area contributed by atoms with Crippen LogP contribution < -0.4 is 4.74 Å². The van der Waals surface area contributed by atoms with E-state index in [1.165, 1.54) is 12.7 Å². The quantitative estimate of drug-likeness (QED) is 0.752. The molecule has 0 fully saturated rings. The fraction of sp³-hybridized carbons (Fsp3) is 0.462. The first-order chi connectivity index (χ1) is 8.65. The van der Waals surface area contributed by atoms with Gasteiger partial charge in [0, 0.05) is 12.0 Å². The van der Waals surface area contributed by atoms with Crippen LogP contribution in [0.3, 0.4) is 0 Å². The Kier molecular flexibility index (Phi) is 3.60. The number of benzene rings is 1. The number of ether oxygens (including phenoxy) is 2.